The third-order valence-electron chi connectivity index (χ3n) is 8.32. The zero-order valence-corrected chi connectivity index (χ0v) is 21.3. The lowest BCUT2D eigenvalue weighted by Gasteiger charge is -2.35. The van der Waals surface area contributed by atoms with Crippen molar-refractivity contribution in [1.29, 1.82) is 0 Å². The topological polar surface area (TPSA) is 118 Å². The lowest BCUT2D eigenvalue weighted by Crippen LogP contribution is -2.47. The van der Waals surface area contributed by atoms with Gasteiger partial charge in [-0.15, -0.1) is 0 Å². The smallest absolute Gasteiger partial charge is 0.328 e. The molecule has 2 atom stereocenters. The SMILES string of the molecule is COc1ccc2c(=O)n(OS(=O)(=O)CC34CCC(CC3=O)C4(C)C)c(=O)c3ccc(OC)cc3c2c1. The Labute approximate surface area is 207 Å². The standard InChI is InChI=1S/C26H27NO8S/c1-25(2)15-9-10-26(25,22(28)11-15)14-36(31,32)35-27-23(29)18-7-5-16(33-3)12-20(18)21-13-17(34-4)6-8-19(21)24(27)30/h5-8,12-13,15H,9-11,14H2,1-4H3. The van der Waals surface area contributed by atoms with Crippen molar-refractivity contribution in [2.45, 2.75) is 33.1 Å². The molecule has 2 fully saturated rings. The van der Waals surface area contributed by atoms with Gasteiger partial charge in [-0.25, -0.2) is 0 Å². The maximum absolute atomic E-state index is 13.5. The molecule has 0 amide bonds. The van der Waals surface area contributed by atoms with Crippen LogP contribution in [-0.4, -0.2) is 38.9 Å². The molecule has 10 heteroatoms. The van der Waals surface area contributed by atoms with Gasteiger partial charge in [0.15, 0.2) is 0 Å². The third kappa shape index (κ3) is 3.42. The molecule has 2 unspecified atom stereocenters. The maximum Gasteiger partial charge on any atom is 0.328 e. The summed E-state index contributed by atoms with van der Waals surface area (Å²) in [4.78, 5) is 39.9. The Balaban J connectivity index is 1.72. The predicted molar refractivity (Wildman–Crippen MR) is 134 cm³/mol. The maximum atomic E-state index is 13.5. The number of nitrogens with zero attached hydrogens (tertiary/aromatic N) is 1. The van der Waals surface area contributed by atoms with Crippen molar-refractivity contribution in [1.82, 2.24) is 4.73 Å². The summed E-state index contributed by atoms with van der Waals surface area (Å²) in [7, 11) is -1.57. The highest BCUT2D eigenvalue weighted by Gasteiger charge is 2.65. The van der Waals surface area contributed by atoms with Crippen molar-refractivity contribution in [3.8, 4) is 11.5 Å². The number of ether oxygens (including phenoxy) is 2. The lowest BCUT2D eigenvalue weighted by atomic mass is 9.70. The average molecular weight is 514 g/mol. The average Bonchev–Trinajstić information content (AvgIpc) is 3.16. The van der Waals surface area contributed by atoms with Crippen LogP contribution in [0.25, 0.3) is 21.5 Å². The molecule has 9 nitrogen and oxygen atoms in total. The van der Waals surface area contributed by atoms with E-state index in [1.165, 1.54) is 38.5 Å². The van der Waals surface area contributed by atoms with Crippen molar-refractivity contribution >= 4 is 37.4 Å². The monoisotopic (exact) mass is 513 g/mol. The van der Waals surface area contributed by atoms with E-state index in [2.05, 4.69) is 0 Å². The largest absolute Gasteiger partial charge is 0.497 e. The van der Waals surface area contributed by atoms with Gasteiger partial charge in [0.05, 0.1) is 30.4 Å². The highest BCUT2D eigenvalue weighted by atomic mass is 32.2. The molecule has 190 valence electrons. The molecule has 2 saturated carbocycles. The lowest BCUT2D eigenvalue weighted by molar-refractivity contribution is -0.128. The molecule has 1 heterocycles. The van der Waals surface area contributed by atoms with E-state index in [4.69, 9.17) is 13.8 Å². The normalized spacial score (nSPS) is 22.8. The summed E-state index contributed by atoms with van der Waals surface area (Å²) < 4.78 is 42.8. The van der Waals surface area contributed by atoms with Crippen LogP contribution < -0.4 is 24.9 Å². The van der Waals surface area contributed by atoms with Crippen molar-refractivity contribution < 1.29 is 27.0 Å². The molecule has 0 spiro atoms. The van der Waals surface area contributed by atoms with Gasteiger partial charge in [-0.1, -0.05) is 18.6 Å². The van der Waals surface area contributed by atoms with Gasteiger partial charge in [0, 0.05) is 6.42 Å². The molecule has 36 heavy (non-hydrogen) atoms. The van der Waals surface area contributed by atoms with Crippen LogP contribution in [0.3, 0.4) is 0 Å². The van der Waals surface area contributed by atoms with E-state index in [-0.39, 0.29) is 27.2 Å². The van der Waals surface area contributed by atoms with Crippen LogP contribution in [0.1, 0.15) is 33.1 Å². The van der Waals surface area contributed by atoms with Crippen molar-refractivity contribution in [3.05, 3.63) is 57.1 Å². The summed E-state index contributed by atoms with van der Waals surface area (Å²) in [6, 6.07) is 9.16. The zero-order valence-electron chi connectivity index (χ0n) is 20.5. The molecule has 1 aromatic heterocycles. The molecule has 2 aromatic carbocycles. The Hall–Kier alpha value is -3.40. The third-order valence-corrected chi connectivity index (χ3v) is 9.55. The summed E-state index contributed by atoms with van der Waals surface area (Å²) in [6.45, 7) is 3.81. The number of carbonyl (C=O) groups is 1. The molecule has 0 radical (unpaired) electrons. The molecule has 0 aliphatic heterocycles. The fourth-order valence-electron chi connectivity index (χ4n) is 6.05. The molecule has 2 aliphatic carbocycles. The first kappa shape index (κ1) is 24.3. The Kier molecular flexibility index (Phi) is 5.44. The number of benzene rings is 2. The fraction of sp³-hybridized carbons (Fsp3) is 0.423. The van der Waals surface area contributed by atoms with Gasteiger partial charge in [0.25, 0.3) is 11.1 Å². The van der Waals surface area contributed by atoms with Gasteiger partial charge in [-0.05, 0) is 71.3 Å². The summed E-state index contributed by atoms with van der Waals surface area (Å²) in [6.07, 6.45) is 1.51. The number of Topliss-reactive ketones (excluding diaryl/α,β-unsaturated/α-hetero) is 1. The summed E-state index contributed by atoms with van der Waals surface area (Å²) >= 11 is 0. The van der Waals surface area contributed by atoms with Crippen LogP contribution in [0.5, 0.6) is 11.5 Å². The number of methoxy groups -OCH3 is 2. The number of carbonyl (C=O) groups excluding carboxylic acids is 1. The van der Waals surface area contributed by atoms with E-state index < -0.39 is 37.8 Å². The molecular formula is C26H27NO8S. The summed E-state index contributed by atoms with van der Waals surface area (Å²) in [5.41, 5.74) is -3.50. The van der Waals surface area contributed by atoms with Crippen molar-refractivity contribution in [2.24, 2.45) is 16.7 Å². The Morgan fingerprint density at radius 2 is 1.42 bits per heavy atom. The van der Waals surface area contributed by atoms with Gasteiger partial charge in [-0.2, -0.15) is 8.42 Å². The number of fused-ring (bicyclic) bond motifs is 5. The molecule has 2 bridgehead atoms. The second-order valence-corrected chi connectivity index (χ2v) is 11.7. The first-order valence-corrected chi connectivity index (χ1v) is 13.2. The van der Waals surface area contributed by atoms with Gasteiger partial charge < -0.3 is 9.47 Å². The summed E-state index contributed by atoms with van der Waals surface area (Å²) in [5.74, 6) is 0.289. The van der Waals surface area contributed by atoms with E-state index in [1.54, 1.807) is 12.1 Å². The van der Waals surface area contributed by atoms with Crippen molar-refractivity contribution in [2.75, 3.05) is 20.0 Å². The van der Waals surface area contributed by atoms with E-state index in [0.717, 1.165) is 6.42 Å². The second-order valence-electron chi connectivity index (χ2n) is 10.2. The number of ketones is 1. The highest BCUT2D eigenvalue weighted by molar-refractivity contribution is 7.86. The van der Waals surface area contributed by atoms with Crippen LogP contribution in [0.2, 0.25) is 0 Å². The number of aromatic nitrogens is 1. The number of rotatable bonds is 6. The van der Waals surface area contributed by atoms with Crippen LogP contribution in [0.15, 0.2) is 46.0 Å². The predicted octanol–water partition coefficient (Wildman–Crippen LogP) is 2.69. The second kappa shape index (κ2) is 8.06. The van der Waals surface area contributed by atoms with Crippen LogP contribution >= 0.6 is 0 Å². The minimum atomic E-state index is -4.51. The quantitative estimate of drug-likeness (QED) is 0.494. The zero-order chi connectivity index (χ0) is 26.0. The first-order valence-electron chi connectivity index (χ1n) is 11.6. The van der Waals surface area contributed by atoms with Gasteiger partial charge in [-0.3, -0.25) is 18.7 Å². The minimum absolute atomic E-state index is 0.0581. The van der Waals surface area contributed by atoms with Crippen LogP contribution in [-0.2, 0) is 14.9 Å². The Morgan fingerprint density at radius 1 is 0.889 bits per heavy atom. The van der Waals surface area contributed by atoms with Crippen molar-refractivity contribution in [3.63, 3.8) is 0 Å². The Morgan fingerprint density at radius 3 is 1.83 bits per heavy atom. The van der Waals surface area contributed by atoms with E-state index in [9.17, 15) is 22.8 Å². The molecular weight excluding hydrogens is 486 g/mol. The van der Waals surface area contributed by atoms with Gasteiger partial charge in [0.2, 0.25) is 0 Å². The number of hydrogen-bond donors (Lipinski definition) is 0. The minimum Gasteiger partial charge on any atom is -0.497 e. The molecule has 0 saturated heterocycles. The van der Waals surface area contributed by atoms with E-state index >= 15 is 0 Å². The molecule has 0 N–H and O–H groups in total. The molecule has 5 rings (SSSR count). The number of hydrogen-bond acceptors (Lipinski definition) is 8. The van der Waals surface area contributed by atoms with Gasteiger partial charge in [0.1, 0.15) is 23.0 Å². The highest BCUT2D eigenvalue weighted by Crippen LogP contribution is 2.64. The molecule has 2 aliphatic rings. The fourth-order valence-corrected chi connectivity index (χ4v) is 7.74. The Bertz CT molecular complexity index is 1580. The van der Waals surface area contributed by atoms with E-state index in [0.29, 0.717) is 35.1 Å². The molecule has 3 aromatic rings. The van der Waals surface area contributed by atoms with Crippen LogP contribution in [0, 0.1) is 16.7 Å². The van der Waals surface area contributed by atoms with Gasteiger partial charge >= 0.3 is 10.1 Å². The summed E-state index contributed by atoms with van der Waals surface area (Å²) in [5, 5.41) is 0.856. The first-order chi connectivity index (χ1) is 16.9. The van der Waals surface area contributed by atoms with Crippen LogP contribution in [0.4, 0.5) is 0 Å². The van der Waals surface area contributed by atoms with E-state index in [1.807, 2.05) is 13.8 Å².